The summed E-state index contributed by atoms with van der Waals surface area (Å²) in [6, 6.07) is 1.98. The number of nitrogens with one attached hydrogen (secondary N) is 2. The predicted octanol–water partition coefficient (Wildman–Crippen LogP) is 4.43. The number of hydrogen-bond donors (Lipinski definition) is 2. The molecule has 1 unspecified atom stereocenters. The molecule has 0 spiro atoms. The minimum Gasteiger partial charge on any atom is -0.369 e. The van der Waals surface area contributed by atoms with Gasteiger partial charge in [-0.05, 0) is 19.4 Å². The van der Waals surface area contributed by atoms with E-state index in [0.29, 0.717) is 22.6 Å². The van der Waals surface area contributed by atoms with Crippen molar-refractivity contribution in [1.29, 1.82) is 0 Å². The zero-order valence-electron chi connectivity index (χ0n) is 14.2. The van der Waals surface area contributed by atoms with E-state index in [4.69, 9.17) is 23.2 Å². The molecule has 0 bridgehead atoms. The summed E-state index contributed by atoms with van der Waals surface area (Å²) < 4.78 is 1.90. The first-order chi connectivity index (χ1) is 12.6. The SMILES string of the molecule is CCn1cc(CNc2nc(Cl)c(CC3CNc4ncc(Cl)cc43)s2)cn1. The van der Waals surface area contributed by atoms with Crippen LogP contribution in [0.15, 0.2) is 24.7 Å². The van der Waals surface area contributed by atoms with E-state index >= 15 is 0 Å². The van der Waals surface area contributed by atoms with Gasteiger partial charge in [0.2, 0.25) is 0 Å². The number of pyridine rings is 1. The lowest BCUT2D eigenvalue weighted by Gasteiger charge is -2.08. The van der Waals surface area contributed by atoms with E-state index in [2.05, 4.69) is 32.6 Å². The third-order valence-corrected chi connectivity index (χ3v) is 6.04. The summed E-state index contributed by atoms with van der Waals surface area (Å²) in [7, 11) is 0. The van der Waals surface area contributed by atoms with E-state index in [-0.39, 0.29) is 0 Å². The zero-order valence-corrected chi connectivity index (χ0v) is 16.5. The van der Waals surface area contributed by atoms with Crippen molar-refractivity contribution in [1.82, 2.24) is 19.7 Å². The number of thiazole rings is 1. The molecular formula is C17H18Cl2N6S. The molecule has 2 N–H and O–H groups in total. The number of anilines is 2. The molecule has 3 aromatic heterocycles. The van der Waals surface area contributed by atoms with Crippen molar-refractivity contribution < 1.29 is 0 Å². The fraction of sp³-hybridized carbons (Fsp3) is 0.353. The van der Waals surface area contributed by atoms with Gasteiger partial charge >= 0.3 is 0 Å². The number of aryl methyl sites for hydroxylation is 1. The molecule has 1 atom stereocenters. The highest BCUT2D eigenvalue weighted by Crippen LogP contribution is 2.37. The molecule has 4 heterocycles. The Balaban J connectivity index is 1.43. The van der Waals surface area contributed by atoms with E-state index in [9.17, 15) is 0 Å². The van der Waals surface area contributed by atoms with Crippen molar-refractivity contribution in [3.05, 3.63) is 50.8 Å². The van der Waals surface area contributed by atoms with Crippen LogP contribution in [0, 0.1) is 0 Å². The molecule has 0 aliphatic carbocycles. The first-order valence-electron chi connectivity index (χ1n) is 8.42. The first kappa shape index (κ1) is 17.6. The van der Waals surface area contributed by atoms with Gasteiger partial charge in [0.05, 0.1) is 11.2 Å². The third-order valence-electron chi connectivity index (χ3n) is 4.38. The lowest BCUT2D eigenvalue weighted by atomic mass is 9.99. The number of hydrogen-bond acceptors (Lipinski definition) is 6. The number of nitrogens with zero attached hydrogens (tertiary/aromatic N) is 4. The van der Waals surface area contributed by atoms with Gasteiger partial charge < -0.3 is 10.6 Å². The quantitative estimate of drug-likeness (QED) is 0.631. The Morgan fingerprint density at radius 2 is 2.27 bits per heavy atom. The normalized spacial score (nSPS) is 15.7. The van der Waals surface area contributed by atoms with Crippen molar-refractivity contribution in [3.63, 3.8) is 0 Å². The second kappa shape index (κ2) is 7.42. The Labute approximate surface area is 165 Å². The molecule has 0 amide bonds. The van der Waals surface area contributed by atoms with E-state index in [1.165, 1.54) is 0 Å². The topological polar surface area (TPSA) is 67.7 Å². The van der Waals surface area contributed by atoms with Crippen LogP contribution in [-0.4, -0.2) is 26.3 Å². The van der Waals surface area contributed by atoms with Crippen molar-refractivity contribution in [2.24, 2.45) is 0 Å². The van der Waals surface area contributed by atoms with Crippen LogP contribution in [0.1, 0.15) is 28.8 Å². The molecule has 4 rings (SSSR count). The van der Waals surface area contributed by atoms with E-state index < -0.39 is 0 Å². The van der Waals surface area contributed by atoms with Crippen molar-refractivity contribution in [2.75, 3.05) is 17.2 Å². The highest BCUT2D eigenvalue weighted by Gasteiger charge is 2.26. The summed E-state index contributed by atoms with van der Waals surface area (Å²) in [5.74, 6) is 1.20. The van der Waals surface area contributed by atoms with Crippen LogP contribution in [-0.2, 0) is 19.5 Å². The number of fused-ring (bicyclic) bond motifs is 1. The molecule has 1 aliphatic rings. The van der Waals surface area contributed by atoms with Crippen LogP contribution in [0.5, 0.6) is 0 Å². The Hall–Kier alpha value is -1.83. The Morgan fingerprint density at radius 1 is 1.38 bits per heavy atom. The van der Waals surface area contributed by atoms with Crippen molar-refractivity contribution in [2.45, 2.75) is 32.4 Å². The highest BCUT2D eigenvalue weighted by atomic mass is 35.5. The van der Waals surface area contributed by atoms with Gasteiger partial charge in [0.1, 0.15) is 11.0 Å². The fourth-order valence-corrected chi connectivity index (χ4v) is 4.46. The van der Waals surface area contributed by atoms with Crippen LogP contribution in [0.25, 0.3) is 0 Å². The maximum atomic E-state index is 6.37. The van der Waals surface area contributed by atoms with Gasteiger partial charge in [-0.15, -0.1) is 11.3 Å². The van der Waals surface area contributed by atoms with Crippen molar-refractivity contribution >= 4 is 45.5 Å². The van der Waals surface area contributed by atoms with E-state index in [0.717, 1.165) is 46.5 Å². The van der Waals surface area contributed by atoms with Crippen LogP contribution in [0.4, 0.5) is 10.9 Å². The van der Waals surface area contributed by atoms with Crippen molar-refractivity contribution in [3.8, 4) is 0 Å². The molecule has 0 radical (unpaired) electrons. The predicted molar refractivity (Wildman–Crippen MR) is 107 cm³/mol. The molecule has 0 saturated heterocycles. The van der Waals surface area contributed by atoms with E-state index in [1.54, 1.807) is 17.5 Å². The number of halogens is 2. The molecule has 9 heteroatoms. The molecule has 1 aliphatic heterocycles. The molecule has 6 nitrogen and oxygen atoms in total. The number of rotatable bonds is 6. The molecule has 0 saturated carbocycles. The van der Waals surface area contributed by atoms with Gasteiger partial charge in [0.15, 0.2) is 5.13 Å². The Bertz CT molecular complexity index is 922. The summed E-state index contributed by atoms with van der Waals surface area (Å²) >= 11 is 14.1. The molecule has 0 aromatic carbocycles. The highest BCUT2D eigenvalue weighted by molar-refractivity contribution is 7.16. The molecular weight excluding hydrogens is 391 g/mol. The fourth-order valence-electron chi connectivity index (χ4n) is 3.03. The average Bonchev–Trinajstić information content (AvgIpc) is 3.33. The summed E-state index contributed by atoms with van der Waals surface area (Å²) in [6.07, 6.45) is 6.37. The summed E-state index contributed by atoms with van der Waals surface area (Å²) in [4.78, 5) is 9.86. The molecule has 3 aromatic rings. The maximum absolute atomic E-state index is 6.37. The van der Waals surface area contributed by atoms with Crippen LogP contribution >= 0.6 is 34.5 Å². The van der Waals surface area contributed by atoms with Gasteiger partial charge in [0.25, 0.3) is 0 Å². The largest absolute Gasteiger partial charge is 0.369 e. The Morgan fingerprint density at radius 3 is 3.08 bits per heavy atom. The van der Waals surface area contributed by atoms with Crippen LogP contribution < -0.4 is 10.6 Å². The van der Waals surface area contributed by atoms with Crippen LogP contribution in [0.2, 0.25) is 10.2 Å². The maximum Gasteiger partial charge on any atom is 0.184 e. The summed E-state index contributed by atoms with van der Waals surface area (Å²) in [6.45, 7) is 4.44. The minimum absolute atomic E-state index is 0.296. The van der Waals surface area contributed by atoms with Gasteiger partial charge in [0, 0.05) is 53.9 Å². The van der Waals surface area contributed by atoms with E-state index in [1.807, 2.05) is 23.1 Å². The zero-order chi connectivity index (χ0) is 18.1. The summed E-state index contributed by atoms with van der Waals surface area (Å²) in [5, 5.41) is 13.0. The average molecular weight is 409 g/mol. The Kier molecular flexibility index (Phi) is 5.02. The molecule has 26 heavy (non-hydrogen) atoms. The second-order valence-electron chi connectivity index (χ2n) is 6.16. The lowest BCUT2D eigenvalue weighted by Crippen LogP contribution is -2.04. The second-order valence-corrected chi connectivity index (χ2v) is 8.04. The standard InChI is InChI=1S/C17H18Cl2N6S/c1-2-25-9-10(6-23-25)5-22-17-24-15(19)14(26-17)3-11-7-20-16-13(11)4-12(18)8-21-16/h4,6,8-9,11H,2-3,5,7H2,1H3,(H,20,21)(H,22,24). The van der Waals surface area contributed by atoms with Gasteiger partial charge in [-0.3, -0.25) is 4.68 Å². The van der Waals surface area contributed by atoms with Gasteiger partial charge in [-0.25, -0.2) is 9.97 Å². The molecule has 136 valence electrons. The molecule has 0 fully saturated rings. The minimum atomic E-state index is 0.296. The third kappa shape index (κ3) is 3.65. The summed E-state index contributed by atoms with van der Waals surface area (Å²) in [5.41, 5.74) is 2.26. The monoisotopic (exact) mass is 408 g/mol. The smallest absolute Gasteiger partial charge is 0.184 e. The van der Waals surface area contributed by atoms with Crippen LogP contribution in [0.3, 0.4) is 0 Å². The number of aromatic nitrogens is 4. The van der Waals surface area contributed by atoms with Gasteiger partial charge in [-0.1, -0.05) is 23.2 Å². The lowest BCUT2D eigenvalue weighted by molar-refractivity contribution is 0.659. The first-order valence-corrected chi connectivity index (χ1v) is 9.99. The van der Waals surface area contributed by atoms with Gasteiger partial charge in [-0.2, -0.15) is 5.10 Å².